The second kappa shape index (κ2) is 4.69. The van der Waals surface area contributed by atoms with Gasteiger partial charge in [-0.05, 0) is 13.0 Å². The first-order chi connectivity index (χ1) is 8.22. The third-order valence-corrected chi connectivity index (χ3v) is 1.94. The molecule has 0 aliphatic heterocycles. The van der Waals surface area contributed by atoms with Crippen LogP contribution in [0.3, 0.4) is 0 Å². The number of carbonyl (C=O) groups is 1. The van der Waals surface area contributed by atoms with Crippen molar-refractivity contribution >= 4 is 5.97 Å². The van der Waals surface area contributed by atoms with Crippen LogP contribution in [0.2, 0.25) is 0 Å². The minimum absolute atomic E-state index is 0.0111. The van der Waals surface area contributed by atoms with Gasteiger partial charge in [0, 0.05) is 0 Å². The summed E-state index contributed by atoms with van der Waals surface area (Å²) in [6, 6.07) is 1.05. The average Bonchev–Trinajstić information content (AvgIpc) is 2.82. The molecule has 2 rings (SSSR count). The second-order valence-electron chi connectivity index (χ2n) is 3.06. The van der Waals surface area contributed by atoms with E-state index in [0.717, 1.165) is 17.1 Å². The van der Waals surface area contributed by atoms with E-state index < -0.39 is 11.8 Å². The summed E-state index contributed by atoms with van der Waals surface area (Å²) >= 11 is 0. The molecule has 0 aliphatic carbocycles. The van der Waals surface area contributed by atoms with E-state index in [4.69, 9.17) is 4.74 Å². The van der Waals surface area contributed by atoms with Gasteiger partial charge in [0.05, 0.1) is 25.2 Å². The molecule has 2 aromatic heterocycles. The number of rotatable bonds is 3. The van der Waals surface area contributed by atoms with E-state index in [1.165, 1.54) is 12.4 Å². The van der Waals surface area contributed by atoms with E-state index in [2.05, 4.69) is 15.2 Å². The van der Waals surface area contributed by atoms with Crippen molar-refractivity contribution in [1.82, 2.24) is 20.0 Å². The molecule has 0 bridgehead atoms. The number of hydrogen-bond donors (Lipinski definition) is 0. The molecule has 0 saturated carbocycles. The van der Waals surface area contributed by atoms with Gasteiger partial charge in [-0.1, -0.05) is 0 Å². The highest BCUT2D eigenvalue weighted by Gasteiger charge is 2.17. The Balaban J connectivity index is 2.48. The lowest BCUT2D eigenvalue weighted by molar-refractivity contribution is 0.0525. The number of halogens is 1. The maximum atomic E-state index is 13.1. The SMILES string of the molecule is CCOC(=O)c1cc(F)cnc1-n1nccn1. The van der Waals surface area contributed by atoms with Crippen LogP contribution >= 0.6 is 0 Å². The van der Waals surface area contributed by atoms with Gasteiger partial charge in [-0.3, -0.25) is 0 Å². The summed E-state index contributed by atoms with van der Waals surface area (Å²) < 4.78 is 17.9. The van der Waals surface area contributed by atoms with Crippen LogP contribution in [0.5, 0.6) is 0 Å². The number of ether oxygens (including phenoxy) is 1. The van der Waals surface area contributed by atoms with Crippen molar-refractivity contribution in [3.63, 3.8) is 0 Å². The molecule has 88 valence electrons. The molecule has 0 saturated heterocycles. The highest BCUT2D eigenvalue weighted by molar-refractivity contribution is 5.92. The molecule has 0 amide bonds. The van der Waals surface area contributed by atoms with Crippen LogP contribution in [0.1, 0.15) is 17.3 Å². The van der Waals surface area contributed by atoms with Crippen LogP contribution in [0.25, 0.3) is 5.82 Å². The van der Waals surface area contributed by atoms with E-state index in [1.54, 1.807) is 6.92 Å². The predicted molar refractivity (Wildman–Crippen MR) is 55.1 cm³/mol. The first-order valence-electron chi connectivity index (χ1n) is 4.91. The Kier molecular flexibility index (Phi) is 3.08. The molecule has 0 fully saturated rings. The van der Waals surface area contributed by atoms with Gasteiger partial charge in [-0.25, -0.2) is 14.2 Å². The summed E-state index contributed by atoms with van der Waals surface area (Å²) in [5.74, 6) is -1.15. The summed E-state index contributed by atoms with van der Waals surface area (Å²) in [6.45, 7) is 1.86. The van der Waals surface area contributed by atoms with E-state index >= 15 is 0 Å². The molecule has 17 heavy (non-hydrogen) atoms. The van der Waals surface area contributed by atoms with Gasteiger partial charge in [0.15, 0.2) is 5.82 Å². The fraction of sp³-hybridized carbons (Fsp3) is 0.200. The molecule has 7 heteroatoms. The van der Waals surface area contributed by atoms with Crippen molar-refractivity contribution in [1.29, 1.82) is 0 Å². The van der Waals surface area contributed by atoms with Crippen LogP contribution in [0.15, 0.2) is 24.7 Å². The third kappa shape index (κ3) is 2.27. The van der Waals surface area contributed by atoms with E-state index in [9.17, 15) is 9.18 Å². The van der Waals surface area contributed by atoms with Crippen molar-refractivity contribution in [3.8, 4) is 5.82 Å². The number of hydrogen-bond acceptors (Lipinski definition) is 5. The first kappa shape index (κ1) is 11.2. The zero-order valence-electron chi connectivity index (χ0n) is 9.00. The number of esters is 1. The van der Waals surface area contributed by atoms with Crippen molar-refractivity contribution in [3.05, 3.63) is 36.0 Å². The predicted octanol–water partition coefficient (Wildman–Crippen LogP) is 0.978. The monoisotopic (exact) mass is 236 g/mol. The molecule has 0 aromatic carbocycles. The first-order valence-corrected chi connectivity index (χ1v) is 4.91. The van der Waals surface area contributed by atoms with Gasteiger partial charge in [0.25, 0.3) is 0 Å². The number of carbonyl (C=O) groups excluding carboxylic acids is 1. The van der Waals surface area contributed by atoms with E-state index in [1.807, 2.05) is 0 Å². The number of pyridine rings is 1. The standard InChI is InChI=1S/C10H9FN4O2/c1-2-17-10(16)8-5-7(11)6-12-9(8)15-13-3-4-14-15/h3-6H,2H2,1H3. The maximum absolute atomic E-state index is 13.1. The zero-order chi connectivity index (χ0) is 12.3. The Morgan fingerprint density at radius 3 is 2.82 bits per heavy atom. The van der Waals surface area contributed by atoms with Gasteiger partial charge in [0.2, 0.25) is 0 Å². The minimum Gasteiger partial charge on any atom is -0.462 e. The lowest BCUT2D eigenvalue weighted by Crippen LogP contribution is -2.13. The highest BCUT2D eigenvalue weighted by Crippen LogP contribution is 2.12. The van der Waals surface area contributed by atoms with Crippen molar-refractivity contribution in [2.24, 2.45) is 0 Å². The van der Waals surface area contributed by atoms with Crippen LogP contribution in [-0.2, 0) is 4.74 Å². The van der Waals surface area contributed by atoms with E-state index in [0.29, 0.717) is 0 Å². The average molecular weight is 236 g/mol. The Morgan fingerprint density at radius 2 is 2.18 bits per heavy atom. The number of nitrogens with zero attached hydrogens (tertiary/aromatic N) is 4. The fourth-order valence-electron chi connectivity index (χ4n) is 1.28. The molecule has 2 aromatic rings. The van der Waals surface area contributed by atoms with Gasteiger partial charge in [-0.2, -0.15) is 10.2 Å². The smallest absolute Gasteiger partial charge is 0.342 e. The lowest BCUT2D eigenvalue weighted by atomic mass is 10.2. The van der Waals surface area contributed by atoms with Crippen LogP contribution in [-0.4, -0.2) is 32.6 Å². The second-order valence-corrected chi connectivity index (χ2v) is 3.06. The molecule has 2 heterocycles. The van der Waals surface area contributed by atoms with E-state index in [-0.39, 0.29) is 18.0 Å². The summed E-state index contributed by atoms with van der Waals surface area (Å²) in [7, 11) is 0. The van der Waals surface area contributed by atoms with Crippen molar-refractivity contribution < 1.29 is 13.9 Å². The van der Waals surface area contributed by atoms with Crippen LogP contribution < -0.4 is 0 Å². The molecule has 0 atom stereocenters. The summed E-state index contributed by atoms with van der Waals surface area (Å²) in [5, 5.41) is 7.66. The molecule has 6 nitrogen and oxygen atoms in total. The minimum atomic E-state index is -0.660. The van der Waals surface area contributed by atoms with Gasteiger partial charge in [-0.15, -0.1) is 4.80 Å². The third-order valence-electron chi connectivity index (χ3n) is 1.94. The van der Waals surface area contributed by atoms with Crippen LogP contribution in [0.4, 0.5) is 4.39 Å². The number of aromatic nitrogens is 4. The molecular weight excluding hydrogens is 227 g/mol. The topological polar surface area (TPSA) is 69.9 Å². The molecule has 0 spiro atoms. The van der Waals surface area contributed by atoms with Gasteiger partial charge < -0.3 is 4.74 Å². The molecule has 0 aliphatic rings. The van der Waals surface area contributed by atoms with Gasteiger partial charge >= 0.3 is 5.97 Å². The Hall–Kier alpha value is -2.31. The fourth-order valence-corrected chi connectivity index (χ4v) is 1.28. The lowest BCUT2D eigenvalue weighted by Gasteiger charge is -2.06. The zero-order valence-corrected chi connectivity index (χ0v) is 9.00. The molecule has 0 unspecified atom stereocenters. The van der Waals surface area contributed by atoms with Gasteiger partial charge in [0.1, 0.15) is 11.4 Å². The Bertz CT molecular complexity index is 527. The quantitative estimate of drug-likeness (QED) is 0.743. The molecular formula is C10H9FN4O2. The van der Waals surface area contributed by atoms with Crippen molar-refractivity contribution in [2.75, 3.05) is 6.61 Å². The summed E-state index contributed by atoms with van der Waals surface area (Å²) in [5.41, 5.74) is -0.0111. The normalized spacial score (nSPS) is 10.2. The van der Waals surface area contributed by atoms with Crippen molar-refractivity contribution in [2.45, 2.75) is 6.92 Å². The molecule has 0 N–H and O–H groups in total. The summed E-state index contributed by atoms with van der Waals surface area (Å²) in [4.78, 5) is 16.5. The van der Waals surface area contributed by atoms with Crippen LogP contribution in [0, 0.1) is 5.82 Å². The Morgan fingerprint density at radius 1 is 1.47 bits per heavy atom. The highest BCUT2D eigenvalue weighted by atomic mass is 19.1. The maximum Gasteiger partial charge on any atom is 0.342 e. The Labute approximate surface area is 96.0 Å². The molecule has 0 radical (unpaired) electrons. The summed E-state index contributed by atoms with van der Waals surface area (Å²) in [6.07, 6.45) is 3.85. The largest absolute Gasteiger partial charge is 0.462 e.